The predicted molar refractivity (Wildman–Crippen MR) is 153 cm³/mol. The van der Waals surface area contributed by atoms with Crippen LogP contribution >= 0.6 is 0 Å². The SMILES string of the molecule is CC[C@](Cc1ccccc1)(NC(=O)C(C)(C)NC(=O)OCc1ccccc1)C(=O)NC(C)(C)C(=O)OC(C)(C)C. The minimum Gasteiger partial charge on any atom is -0.458 e. The molecule has 2 aromatic rings. The Morgan fingerprint density at radius 3 is 1.70 bits per heavy atom. The molecule has 0 spiro atoms. The molecule has 218 valence electrons. The highest BCUT2D eigenvalue weighted by atomic mass is 16.6. The van der Waals surface area contributed by atoms with E-state index < -0.39 is 46.1 Å². The third-order valence-electron chi connectivity index (χ3n) is 6.27. The van der Waals surface area contributed by atoms with Gasteiger partial charge in [-0.25, -0.2) is 9.59 Å². The summed E-state index contributed by atoms with van der Waals surface area (Å²) in [6, 6.07) is 18.4. The lowest BCUT2D eigenvalue weighted by Crippen LogP contribution is -2.68. The van der Waals surface area contributed by atoms with Gasteiger partial charge in [0.1, 0.15) is 28.8 Å². The van der Waals surface area contributed by atoms with Gasteiger partial charge in [-0.1, -0.05) is 67.6 Å². The molecule has 0 fully saturated rings. The number of esters is 1. The van der Waals surface area contributed by atoms with Crippen LogP contribution in [0.3, 0.4) is 0 Å². The maximum atomic E-state index is 13.9. The summed E-state index contributed by atoms with van der Waals surface area (Å²) < 4.78 is 10.8. The predicted octanol–water partition coefficient (Wildman–Crippen LogP) is 4.44. The fourth-order valence-corrected chi connectivity index (χ4v) is 3.80. The highest BCUT2D eigenvalue weighted by Gasteiger charge is 2.45. The largest absolute Gasteiger partial charge is 0.458 e. The van der Waals surface area contributed by atoms with E-state index in [0.29, 0.717) is 0 Å². The molecule has 40 heavy (non-hydrogen) atoms. The highest BCUT2D eigenvalue weighted by molar-refractivity contribution is 5.98. The molecule has 1 atom stereocenters. The van der Waals surface area contributed by atoms with Crippen LogP contribution in [-0.2, 0) is 36.9 Å². The zero-order valence-electron chi connectivity index (χ0n) is 24.8. The molecular weight excluding hydrogens is 510 g/mol. The van der Waals surface area contributed by atoms with Crippen LogP contribution in [0, 0.1) is 0 Å². The molecule has 0 aliphatic rings. The average Bonchev–Trinajstić information content (AvgIpc) is 2.86. The summed E-state index contributed by atoms with van der Waals surface area (Å²) in [7, 11) is 0. The number of alkyl carbamates (subject to hydrolysis) is 1. The number of hydrogen-bond donors (Lipinski definition) is 3. The zero-order valence-corrected chi connectivity index (χ0v) is 24.8. The van der Waals surface area contributed by atoms with Crippen LogP contribution in [0.1, 0.15) is 72.9 Å². The van der Waals surface area contributed by atoms with E-state index in [-0.39, 0.29) is 19.4 Å². The molecule has 9 heteroatoms. The van der Waals surface area contributed by atoms with Gasteiger partial charge in [-0.15, -0.1) is 0 Å². The second kappa shape index (κ2) is 13.0. The summed E-state index contributed by atoms with van der Waals surface area (Å²) in [5.41, 5.74) is -3.37. The van der Waals surface area contributed by atoms with Crippen LogP contribution in [0.5, 0.6) is 0 Å². The van der Waals surface area contributed by atoms with E-state index in [1.54, 1.807) is 41.5 Å². The van der Waals surface area contributed by atoms with Gasteiger partial charge in [-0.3, -0.25) is 9.59 Å². The monoisotopic (exact) mass is 553 g/mol. The van der Waals surface area contributed by atoms with E-state index in [1.807, 2.05) is 60.7 Å². The van der Waals surface area contributed by atoms with Gasteiger partial charge in [0, 0.05) is 6.42 Å². The normalized spacial score (nSPS) is 13.4. The third kappa shape index (κ3) is 9.39. The molecule has 3 amide bonds. The van der Waals surface area contributed by atoms with Crippen LogP contribution in [0.15, 0.2) is 60.7 Å². The van der Waals surface area contributed by atoms with E-state index in [4.69, 9.17) is 9.47 Å². The highest BCUT2D eigenvalue weighted by Crippen LogP contribution is 2.23. The molecule has 2 rings (SSSR count). The van der Waals surface area contributed by atoms with Gasteiger partial charge < -0.3 is 25.4 Å². The molecule has 0 aliphatic heterocycles. The third-order valence-corrected chi connectivity index (χ3v) is 6.27. The lowest BCUT2D eigenvalue weighted by Gasteiger charge is -2.38. The standard InChI is InChI=1S/C31H43N3O6/c1-9-31(20-22-16-12-10-13-17-22,25(36)32-30(7,8)26(37)40-28(2,3)4)33-24(35)29(5,6)34-27(38)39-21-23-18-14-11-15-19-23/h10-19H,9,20-21H2,1-8H3,(H,32,36)(H,33,35)(H,34,38)/t31-/m1/s1. The minimum absolute atomic E-state index is 0.0411. The number of carbonyl (C=O) groups is 4. The van der Waals surface area contributed by atoms with Crippen molar-refractivity contribution in [1.29, 1.82) is 0 Å². The Labute approximate surface area is 237 Å². The van der Waals surface area contributed by atoms with Gasteiger partial charge in [0.2, 0.25) is 11.8 Å². The van der Waals surface area contributed by atoms with Crippen LogP contribution in [0.2, 0.25) is 0 Å². The number of hydrogen-bond acceptors (Lipinski definition) is 6. The van der Waals surface area contributed by atoms with Crippen molar-refractivity contribution in [1.82, 2.24) is 16.0 Å². The number of amides is 3. The molecule has 2 aromatic carbocycles. The van der Waals surface area contributed by atoms with Crippen molar-refractivity contribution < 1.29 is 28.7 Å². The van der Waals surface area contributed by atoms with Crippen molar-refractivity contribution in [2.45, 2.75) is 97.1 Å². The zero-order chi connectivity index (χ0) is 30.2. The van der Waals surface area contributed by atoms with Crippen molar-refractivity contribution >= 4 is 23.9 Å². The molecule has 0 radical (unpaired) electrons. The first-order valence-corrected chi connectivity index (χ1v) is 13.4. The van der Waals surface area contributed by atoms with E-state index in [1.165, 1.54) is 13.8 Å². The Kier molecular flexibility index (Phi) is 10.5. The molecule has 0 saturated carbocycles. The van der Waals surface area contributed by atoms with Gasteiger partial charge in [-0.2, -0.15) is 0 Å². The van der Waals surface area contributed by atoms with Gasteiger partial charge in [-0.05, 0) is 66.0 Å². The van der Waals surface area contributed by atoms with Gasteiger partial charge in [0.15, 0.2) is 0 Å². The van der Waals surface area contributed by atoms with Crippen LogP contribution in [0.25, 0.3) is 0 Å². The van der Waals surface area contributed by atoms with E-state index in [0.717, 1.165) is 11.1 Å². The first-order chi connectivity index (χ1) is 18.5. The molecule has 0 heterocycles. The molecule has 0 saturated heterocycles. The van der Waals surface area contributed by atoms with E-state index in [9.17, 15) is 19.2 Å². The van der Waals surface area contributed by atoms with Crippen molar-refractivity contribution in [2.75, 3.05) is 0 Å². The smallest absolute Gasteiger partial charge is 0.408 e. The summed E-state index contributed by atoms with van der Waals surface area (Å²) in [5, 5.41) is 8.26. The molecule has 0 aliphatic carbocycles. The Morgan fingerprint density at radius 1 is 0.675 bits per heavy atom. The fraction of sp³-hybridized carbons (Fsp3) is 0.484. The summed E-state index contributed by atoms with van der Waals surface area (Å²) in [4.78, 5) is 52.9. The maximum absolute atomic E-state index is 13.9. The van der Waals surface area contributed by atoms with Crippen molar-refractivity contribution in [3.63, 3.8) is 0 Å². The summed E-state index contributed by atoms with van der Waals surface area (Å²) >= 11 is 0. The number of rotatable bonds is 11. The number of nitrogens with one attached hydrogen (secondary N) is 3. The minimum atomic E-state index is -1.44. The van der Waals surface area contributed by atoms with Crippen LogP contribution in [-0.4, -0.2) is 46.1 Å². The molecule has 9 nitrogen and oxygen atoms in total. The second-order valence-corrected chi connectivity index (χ2v) is 11.9. The number of benzene rings is 2. The Balaban J connectivity index is 2.27. The van der Waals surface area contributed by atoms with Crippen molar-refractivity contribution in [3.05, 3.63) is 71.8 Å². The topological polar surface area (TPSA) is 123 Å². The lowest BCUT2D eigenvalue weighted by molar-refractivity contribution is -0.163. The Morgan fingerprint density at radius 2 is 1.20 bits per heavy atom. The van der Waals surface area contributed by atoms with Gasteiger partial charge >= 0.3 is 12.1 Å². The summed E-state index contributed by atoms with van der Waals surface area (Å²) in [6.45, 7) is 13.2. The van der Waals surface area contributed by atoms with Gasteiger partial charge in [0.05, 0.1) is 0 Å². The first-order valence-electron chi connectivity index (χ1n) is 13.4. The average molecular weight is 554 g/mol. The van der Waals surface area contributed by atoms with E-state index in [2.05, 4.69) is 16.0 Å². The van der Waals surface area contributed by atoms with Crippen LogP contribution < -0.4 is 16.0 Å². The Hall–Kier alpha value is -3.88. The van der Waals surface area contributed by atoms with Crippen molar-refractivity contribution in [2.24, 2.45) is 0 Å². The molecular formula is C31H43N3O6. The van der Waals surface area contributed by atoms with Crippen molar-refractivity contribution in [3.8, 4) is 0 Å². The number of ether oxygens (including phenoxy) is 2. The quantitative estimate of drug-likeness (QED) is 0.354. The number of carbonyl (C=O) groups excluding carboxylic acids is 4. The molecule has 0 unspecified atom stereocenters. The molecule has 0 aromatic heterocycles. The first kappa shape index (κ1) is 32.3. The summed E-state index contributed by atoms with van der Waals surface area (Å²) in [5.74, 6) is -1.75. The molecule has 3 N–H and O–H groups in total. The van der Waals surface area contributed by atoms with Crippen LogP contribution in [0.4, 0.5) is 4.79 Å². The summed E-state index contributed by atoms with van der Waals surface area (Å²) in [6.07, 6.45) is -0.413. The van der Waals surface area contributed by atoms with Gasteiger partial charge in [0.25, 0.3) is 0 Å². The second-order valence-electron chi connectivity index (χ2n) is 11.9. The van der Waals surface area contributed by atoms with E-state index >= 15 is 0 Å². The Bertz CT molecular complexity index is 1170. The molecule has 0 bridgehead atoms. The fourth-order valence-electron chi connectivity index (χ4n) is 3.80. The lowest BCUT2D eigenvalue weighted by atomic mass is 9.85. The maximum Gasteiger partial charge on any atom is 0.408 e.